The van der Waals surface area contributed by atoms with E-state index in [2.05, 4.69) is 0 Å². The summed E-state index contributed by atoms with van der Waals surface area (Å²) in [6.07, 6.45) is 4.19. The van der Waals surface area contributed by atoms with Gasteiger partial charge in [0.1, 0.15) is 0 Å². The van der Waals surface area contributed by atoms with Crippen molar-refractivity contribution in [3.63, 3.8) is 0 Å². The summed E-state index contributed by atoms with van der Waals surface area (Å²) >= 11 is 0. The summed E-state index contributed by atoms with van der Waals surface area (Å²) in [4.78, 5) is 10.9. The number of rotatable bonds is 1. The molecular weight excluding hydrogens is 224 g/mol. The molecule has 2 aliphatic heterocycles. The quantitative estimate of drug-likeness (QED) is 0.751. The largest absolute Gasteiger partial charge is 0.479 e. The Morgan fingerprint density at radius 2 is 1.71 bits per heavy atom. The summed E-state index contributed by atoms with van der Waals surface area (Å²) in [7, 11) is 0. The van der Waals surface area contributed by atoms with E-state index < -0.39 is 17.9 Å². The Morgan fingerprint density at radius 1 is 1.06 bits per heavy atom. The topological polar surface area (TPSA) is 65.0 Å². The van der Waals surface area contributed by atoms with E-state index >= 15 is 0 Å². The van der Waals surface area contributed by atoms with E-state index in [9.17, 15) is 4.79 Å². The molecule has 0 radical (unpaired) electrons. The van der Waals surface area contributed by atoms with Crippen molar-refractivity contribution in [1.82, 2.24) is 0 Å². The van der Waals surface area contributed by atoms with Gasteiger partial charge in [0.25, 0.3) is 0 Å². The maximum Gasteiger partial charge on any atom is 0.332 e. The van der Waals surface area contributed by atoms with Gasteiger partial charge in [-0.3, -0.25) is 0 Å². The van der Waals surface area contributed by atoms with Crippen LogP contribution < -0.4 is 0 Å². The van der Waals surface area contributed by atoms with Gasteiger partial charge >= 0.3 is 5.97 Å². The van der Waals surface area contributed by atoms with Gasteiger partial charge < -0.3 is 19.3 Å². The SMILES string of the molecule is O=C(O)[C@@H]1CCC2(CCC3(CC2)OCCO3)O1. The Morgan fingerprint density at radius 3 is 2.24 bits per heavy atom. The summed E-state index contributed by atoms with van der Waals surface area (Å²) in [5.41, 5.74) is -0.233. The first-order valence-electron chi connectivity index (χ1n) is 6.32. The molecule has 1 aliphatic carbocycles. The van der Waals surface area contributed by atoms with E-state index in [1.165, 1.54) is 0 Å². The first-order valence-corrected chi connectivity index (χ1v) is 6.32. The number of carboxylic acids is 1. The molecule has 0 aromatic heterocycles. The molecule has 5 nitrogen and oxygen atoms in total. The molecule has 0 amide bonds. The van der Waals surface area contributed by atoms with Crippen molar-refractivity contribution in [2.75, 3.05) is 13.2 Å². The molecule has 1 saturated carbocycles. The van der Waals surface area contributed by atoms with Crippen LogP contribution in [0, 0.1) is 0 Å². The van der Waals surface area contributed by atoms with Crippen molar-refractivity contribution in [3.8, 4) is 0 Å². The van der Waals surface area contributed by atoms with E-state index in [0.717, 1.165) is 32.1 Å². The van der Waals surface area contributed by atoms with Crippen LogP contribution >= 0.6 is 0 Å². The Hall–Kier alpha value is -0.650. The number of aliphatic carboxylic acids is 1. The number of hydrogen-bond donors (Lipinski definition) is 1. The van der Waals surface area contributed by atoms with E-state index in [4.69, 9.17) is 19.3 Å². The van der Waals surface area contributed by atoms with Gasteiger partial charge in [-0.25, -0.2) is 4.79 Å². The second-order valence-corrected chi connectivity index (χ2v) is 5.27. The zero-order chi connectivity index (χ0) is 11.9. The lowest BCUT2D eigenvalue weighted by atomic mass is 9.79. The van der Waals surface area contributed by atoms with Crippen molar-refractivity contribution in [3.05, 3.63) is 0 Å². The average molecular weight is 242 g/mol. The highest BCUT2D eigenvalue weighted by Gasteiger charge is 2.50. The third-order valence-electron chi connectivity index (χ3n) is 4.27. The summed E-state index contributed by atoms with van der Waals surface area (Å²) in [5, 5.41) is 8.96. The normalized spacial score (nSPS) is 34.5. The molecule has 0 aromatic rings. The predicted molar refractivity (Wildman–Crippen MR) is 57.6 cm³/mol. The van der Waals surface area contributed by atoms with Crippen molar-refractivity contribution < 1.29 is 24.1 Å². The van der Waals surface area contributed by atoms with Gasteiger partial charge in [0.2, 0.25) is 0 Å². The summed E-state index contributed by atoms with van der Waals surface area (Å²) in [6.45, 7) is 1.34. The molecule has 0 unspecified atom stereocenters. The van der Waals surface area contributed by atoms with Crippen LogP contribution in [0.3, 0.4) is 0 Å². The lowest BCUT2D eigenvalue weighted by Crippen LogP contribution is -2.44. The van der Waals surface area contributed by atoms with Crippen LogP contribution in [0.5, 0.6) is 0 Å². The Bertz CT molecular complexity index is 311. The number of ether oxygens (including phenoxy) is 3. The van der Waals surface area contributed by atoms with Crippen LogP contribution in [0.2, 0.25) is 0 Å². The average Bonchev–Trinajstić information content (AvgIpc) is 2.91. The highest BCUT2D eigenvalue weighted by atomic mass is 16.7. The molecule has 0 bridgehead atoms. The van der Waals surface area contributed by atoms with E-state index in [-0.39, 0.29) is 5.60 Å². The van der Waals surface area contributed by atoms with E-state index in [1.807, 2.05) is 0 Å². The molecule has 0 aromatic carbocycles. The molecular formula is C12H18O5. The fourth-order valence-electron chi connectivity index (χ4n) is 3.23. The zero-order valence-corrected chi connectivity index (χ0v) is 9.81. The van der Waals surface area contributed by atoms with E-state index in [0.29, 0.717) is 19.6 Å². The minimum absolute atomic E-state index is 0.233. The van der Waals surface area contributed by atoms with Gasteiger partial charge in [-0.1, -0.05) is 0 Å². The summed E-state index contributed by atoms with van der Waals surface area (Å²) in [6, 6.07) is 0. The van der Waals surface area contributed by atoms with Gasteiger partial charge in [-0.2, -0.15) is 0 Å². The Kier molecular flexibility index (Phi) is 2.65. The fraction of sp³-hybridized carbons (Fsp3) is 0.917. The number of hydrogen-bond acceptors (Lipinski definition) is 4. The second-order valence-electron chi connectivity index (χ2n) is 5.27. The van der Waals surface area contributed by atoms with Gasteiger partial charge in [-0.15, -0.1) is 0 Å². The first-order chi connectivity index (χ1) is 8.13. The van der Waals surface area contributed by atoms with Crippen LogP contribution in [-0.2, 0) is 19.0 Å². The number of carboxylic acid groups (broad SMARTS) is 1. The molecule has 1 atom stereocenters. The highest BCUT2D eigenvalue weighted by Crippen LogP contribution is 2.47. The zero-order valence-electron chi connectivity index (χ0n) is 9.81. The van der Waals surface area contributed by atoms with Gasteiger partial charge in [-0.05, 0) is 25.7 Å². The maximum atomic E-state index is 10.9. The van der Waals surface area contributed by atoms with E-state index in [1.54, 1.807) is 0 Å². The lowest BCUT2D eigenvalue weighted by Gasteiger charge is -2.41. The van der Waals surface area contributed by atoms with Crippen LogP contribution in [0.15, 0.2) is 0 Å². The molecule has 3 fully saturated rings. The molecule has 2 heterocycles. The lowest BCUT2D eigenvalue weighted by molar-refractivity contribution is -0.209. The molecule has 17 heavy (non-hydrogen) atoms. The smallest absolute Gasteiger partial charge is 0.332 e. The first kappa shape index (κ1) is 11.4. The Labute approximate surface area is 100 Å². The van der Waals surface area contributed by atoms with Crippen molar-refractivity contribution in [2.45, 2.75) is 56.0 Å². The summed E-state index contributed by atoms with van der Waals surface area (Å²) in [5.74, 6) is -1.23. The third kappa shape index (κ3) is 1.96. The monoisotopic (exact) mass is 242 g/mol. The van der Waals surface area contributed by atoms with Gasteiger partial charge in [0, 0.05) is 12.8 Å². The maximum absolute atomic E-state index is 10.9. The van der Waals surface area contributed by atoms with Crippen molar-refractivity contribution in [1.29, 1.82) is 0 Å². The molecule has 3 aliphatic rings. The molecule has 5 heteroatoms. The highest BCUT2D eigenvalue weighted by molar-refractivity contribution is 5.72. The minimum Gasteiger partial charge on any atom is -0.479 e. The number of carbonyl (C=O) groups is 1. The van der Waals surface area contributed by atoms with Gasteiger partial charge in [0.05, 0.1) is 18.8 Å². The van der Waals surface area contributed by atoms with Crippen LogP contribution in [0.1, 0.15) is 38.5 Å². The predicted octanol–water partition coefficient (Wildman–Crippen LogP) is 1.31. The molecule has 2 spiro atoms. The van der Waals surface area contributed by atoms with Crippen LogP contribution in [0.25, 0.3) is 0 Å². The van der Waals surface area contributed by atoms with Crippen LogP contribution in [0.4, 0.5) is 0 Å². The minimum atomic E-state index is -0.837. The molecule has 96 valence electrons. The molecule has 1 N–H and O–H groups in total. The second kappa shape index (κ2) is 3.93. The third-order valence-corrected chi connectivity index (χ3v) is 4.27. The fourth-order valence-corrected chi connectivity index (χ4v) is 3.23. The van der Waals surface area contributed by atoms with Crippen molar-refractivity contribution >= 4 is 5.97 Å². The standard InChI is InChI=1S/C12H18O5/c13-10(14)9-1-2-11(17-9)3-5-12(6-4-11)15-7-8-16-12/h9H,1-8H2,(H,13,14)/t9-/m0/s1. The van der Waals surface area contributed by atoms with Gasteiger partial charge in [0.15, 0.2) is 11.9 Å². The molecule has 2 saturated heterocycles. The van der Waals surface area contributed by atoms with Crippen molar-refractivity contribution in [2.24, 2.45) is 0 Å². The Balaban J connectivity index is 1.63. The summed E-state index contributed by atoms with van der Waals surface area (Å²) < 4.78 is 17.1. The van der Waals surface area contributed by atoms with Crippen LogP contribution in [-0.4, -0.2) is 41.8 Å². The molecule has 3 rings (SSSR count).